The van der Waals surface area contributed by atoms with Gasteiger partial charge in [0.1, 0.15) is 34.7 Å². The molecule has 125 heavy (non-hydrogen) atoms. The molecule has 0 aromatic carbocycles. The molecule has 2 aliphatic rings. The van der Waals surface area contributed by atoms with E-state index in [0.717, 1.165) is 96.3 Å². The van der Waals surface area contributed by atoms with Gasteiger partial charge in [0.05, 0.1) is 24.4 Å². The number of unbranched alkanes of at least 4 members (excludes halogenated alkanes) is 62. The number of ether oxygens (including phenoxy) is 2. The van der Waals surface area contributed by atoms with E-state index in [-0.39, 0.29) is 0 Å². The van der Waals surface area contributed by atoms with Gasteiger partial charge >= 0.3 is 0 Å². The number of carbonyl (C=O) groups is 6. The molecule has 4 unspecified atom stereocenters. The van der Waals surface area contributed by atoms with Crippen molar-refractivity contribution < 1.29 is 53.6 Å². The van der Waals surface area contributed by atoms with Crippen LogP contribution in [0, 0.1) is 0 Å². The molecule has 2 heterocycles. The van der Waals surface area contributed by atoms with E-state index < -0.39 is 0 Å². The maximum Gasteiger partial charge on any atom is 0.129 e. The van der Waals surface area contributed by atoms with Crippen LogP contribution in [0.5, 0.6) is 0 Å². The van der Waals surface area contributed by atoms with Crippen molar-refractivity contribution in [2.75, 3.05) is 19.8 Å². The van der Waals surface area contributed by atoms with Crippen LogP contribution in [0.4, 0.5) is 0 Å². The van der Waals surface area contributed by atoms with Gasteiger partial charge in [0, 0.05) is 58.3 Å². The summed E-state index contributed by atoms with van der Waals surface area (Å²) in [6, 6.07) is 0. The van der Waals surface area contributed by atoms with E-state index in [9.17, 15) is 28.8 Å². The molecule has 3 N–H and O–H groups in total. The highest BCUT2D eigenvalue weighted by molar-refractivity contribution is 5.77. The average molecular weight is 1760 g/mol. The van der Waals surface area contributed by atoms with E-state index in [1.807, 2.05) is 0 Å². The third-order valence-corrected chi connectivity index (χ3v) is 24.4. The number of carbonyl (C=O) groups excluding carboxylic acids is 6. The molecule has 2 aliphatic heterocycles. The van der Waals surface area contributed by atoms with E-state index in [0.29, 0.717) is 78.9 Å². The molecule has 0 aromatic heterocycles. The number of allylic oxidation sites excluding steroid dienone is 8. The number of ketones is 6. The summed E-state index contributed by atoms with van der Waals surface area (Å²) in [6.45, 7) is 18.0. The monoisotopic (exact) mass is 1760 g/mol. The summed E-state index contributed by atoms with van der Waals surface area (Å²) in [6.07, 6.45) is 125. The minimum atomic E-state index is 0.322. The van der Waals surface area contributed by atoms with Gasteiger partial charge in [-0.1, -0.05) is 384 Å². The molecule has 0 amide bonds. The fourth-order valence-corrected chi connectivity index (χ4v) is 16.0. The highest BCUT2D eigenvalue weighted by Gasteiger charge is 2.37. The molecule has 2 fully saturated rings. The number of Topliss-reactive ketones (excluding diaryl/α,β-unsaturated/α-hetero) is 6. The van der Waals surface area contributed by atoms with Crippen LogP contribution in [0.25, 0.3) is 0 Å². The lowest BCUT2D eigenvalue weighted by Gasteiger charge is -2.00. The van der Waals surface area contributed by atoms with Crippen LogP contribution in [0.1, 0.15) is 602 Å². The Morgan fingerprint density at radius 1 is 0.176 bits per heavy atom. The van der Waals surface area contributed by atoms with Crippen molar-refractivity contribution in [3.05, 3.63) is 48.6 Å². The van der Waals surface area contributed by atoms with Crippen molar-refractivity contribution in [3.63, 3.8) is 0 Å². The quantitative estimate of drug-likeness (QED) is 0.0299. The Bertz CT molecular complexity index is 2200. The summed E-state index contributed by atoms with van der Waals surface area (Å²) < 4.78 is 11.5. The predicted octanol–water partition coefficient (Wildman–Crippen LogP) is 35.0. The Morgan fingerprint density at radius 2 is 0.296 bits per heavy atom. The maximum atomic E-state index is 10.8. The Hall–Kier alpha value is -3.22. The van der Waals surface area contributed by atoms with Crippen molar-refractivity contribution in [2.45, 2.75) is 626 Å². The second-order valence-electron chi connectivity index (χ2n) is 37.9. The average Bonchev–Trinajstić information content (AvgIpc) is 1.71. The zero-order chi connectivity index (χ0) is 92.4. The molecule has 0 aromatic rings. The highest BCUT2D eigenvalue weighted by Crippen LogP contribution is 2.33. The van der Waals surface area contributed by atoms with Crippen LogP contribution in [0.2, 0.25) is 0 Å². The second-order valence-corrected chi connectivity index (χ2v) is 37.9. The summed E-state index contributed by atoms with van der Waals surface area (Å²) in [7, 11) is 0. The Kier molecular flexibility index (Phi) is 116. The highest BCUT2D eigenvalue weighted by atomic mass is 16.6. The molecule has 0 aliphatic carbocycles. The van der Waals surface area contributed by atoms with Gasteiger partial charge < -0.3 is 53.6 Å². The number of aliphatic hydroxyl groups is 3. The molecule has 4 atom stereocenters. The van der Waals surface area contributed by atoms with E-state index in [4.69, 9.17) is 24.8 Å². The first-order chi connectivity index (χ1) is 61.1. The lowest BCUT2D eigenvalue weighted by molar-refractivity contribution is -0.117. The van der Waals surface area contributed by atoms with Crippen LogP contribution in [0.15, 0.2) is 48.6 Å². The van der Waals surface area contributed by atoms with Gasteiger partial charge in [-0.25, -0.2) is 0 Å². The van der Waals surface area contributed by atoms with E-state index in [2.05, 4.69) is 69.4 Å². The fraction of sp³-hybridized carbons (Fsp3) is 0.877. The molecule has 11 heteroatoms. The Labute approximate surface area is 778 Å². The molecule has 2 saturated heterocycles. The summed E-state index contributed by atoms with van der Waals surface area (Å²) in [5.41, 5.74) is 0. The van der Waals surface area contributed by atoms with Crippen LogP contribution in [0.3, 0.4) is 0 Å². The number of epoxide rings is 2. The predicted molar refractivity (Wildman–Crippen MR) is 544 cm³/mol. The normalized spacial score (nSPS) is 14.5. The smallest absolute Gasteiger partial charge is 0.129 e. The van der Waals surface area contributed by atoms with E-state index in [1.165, 1.54) is 443 Å². The van der Waals surface area contributed by atoms with Gasteiger partial charge in [-0.15, -0.1) is 0 Å². The number of hydrogen-bond acceptors (Lipinski definition) is 11. The van der Waals surface area contributed by atoms with Gasteiger partial charge in [0.25, 0.3) is 0 Å². The summed E-state index contributed by atoms with van der Waals surface area (Å²) in [4.78, 5) is 64.7. The minimum absolute atomic E-state index is 0.322. The van der Waals surface area contributed by atoms with Gasteiger partial charge in [0.2, 0.25) is 0 Å². The van der Waals surface area contributed by atoms with Gasteiger partial charge in [-0.2, -0.15) is 0 Å². The van der Waals surface area contributed by atoms with Crippen molar-refractivity contribution in [2.24, 2.45) is 0 Å². The number of hydrogen-bond donors (Lipinski definition) is 3. The van der Waals surface area contributed by atoms with Crippen molar-refractivity contribution >= 4 is 34.7 Å². The molecule has 0 bridgehead atoms. The summed E-state index contributed by atoms with van der Waals surface area (Å²) >= 11 is 0. The second kappa shape index (κ2) is 113. The van der Waals surface area contributed by atoms with E-state index in [1.54, 1.807) is 41.5 Å². The molecule has 0 spiro atoms. The zero-order valence-electron chi connectivity index (χ0n) is 85.1. The van der Waals surface area contributed by atoms with Crippen LogP contribution in [-0.4, -0.2) is 94.3 Å². The first-order valence-electron chi connectivity index (χ1n) is 54.8. The largest absolute Gasteiger partial charge is 0.396 e. The molecule has 11 nitrogen and oxygen atoms in total. The first-order valence-corrected chi connectivity index (χ1v) is 54.8. The molecule has 738 valence electrons. The lowest BCUT2D eigenvalue weighted by atomic mass is 10.0. The standard InChI is InChI=1S/C19H36O3.3C19H36O2.2C19H36O/c1-17(21)13-9-5-4-7-11-15-19-18(22-19)14-10-6-2-3-8-12-16-20;1-3-4-5-6-9-12-15-18-19(21-18)16-13-10-7-8-11-14-17(2)20;2*1-19(21)17-15-13-11-9-7-5-3-2-4-6-8-10-12-14-16-18-20;2*1-3-4-5-6-7-8-9-10-11-12-13-14-15-16-17-18-19(2)20/h18-20H,2-16H2,1H3;18-19H,3-16H2,1-2H3;2*2-3,20H,4-18H2,1H3;2*10-11H,3-9,12-18H2,1-2H3/b;;3-2+;3-2-;11-10+;11-10-. The Balaban J connectivity index is -0.000000703. The number of rotatable bonds is 93. The zero-order valence-corrected chi connectivity index (χ0v) is 85.1. The molecular weight excluding hydrogens is 1550 g/mol. The third-order valence-electron chi connectivity index (χ3n) is 24.4. The third kappa shape index (κ3) is 127. The number of aliphatic hydroxyl groups excluding tert-OH is 3. The van der Waals surface area contributed by atoms with Gasteiger partial charge in [0.15, 0.2) is 0 Å². The Morgan fingerprint density at radius 3 is 0.432 bits per heavy atom. The first kappa shape index (κ1) is 128. The van der Waals surface area contributed by atoms with Crippen LogP contribution in [-0.2, 0) is 38.2 Å². The van der Waals surface area contributed by atoms with Crippen molar-refractivity contribution in [1.29, 1.82) is 0 Å². The maximum absolute atomic E-state index is 10.8. The lowest BCUT2D eigenvalue weighted by Crippen LogP contribution is -1.95. The van der Waals surface area contributed by atoms with Crippen molar-refractivity contribution in [3.8, 4) is 0 Å². The summed E-state index contributed by atoms with van der Waals surface area (Å²) in [5.74, 6) is 1.98. The topological polar surface area (TPSA) is 188 Å². The van der Waals surface area contributed by atoms with Gasteiger partial charge in [-0.05, 0) is 228 Å². The SMILES string of the molecule is CC(=O)CCCCCCC/C=C/CCCCCCCCO.CC(=O)CCCCCCC/C=C\CCCCCCCCO.CC(=O)CCCCCCCC1OC1CCCCCCCCO.CCCCCCCC/C=C/CCCCCCCC(C)=O.CCCCCCCC/C=C\CCCCCCCC(C)=O.CCCCCCCCC1OC1CCCCCCCC(C)=O. The van der Waals surface area contributed by atoms with Crippen molar-refractivity contribution in [1.82, 2.24) is 0 Å². The fourth-order valence-electron chi connectivity index (χ4n) is 16.0. The molecule has 0 saturated carbocycles. The summed E-state index contributed by atoms with van der Waals surface area (Å²) in [5, 5.41) is 26.0. The molecule has 0 radical (unpaired) electrons. The molecule has 2 rings (SSSR count). The van der Waals surface area contributed by atoms with Gasteiger partial charge in [-0.3, -0.25) is 0 Å². The van der Waals surface area contributed by atoms with Crippen LogP contribution < -0.4 is 0 Å². The van der Waals surface area contributed by atoms with E-state index >= 15 is 0 Å². The molecular formula is C114H216O11. The minimum Gasteiger partial charge on any atom is -0.396 e. The van der Waals surface area contributed by atoms with Crippen LogP contribution >= 0.6 is 0 Å².